The van der Waals surface area contributed by atoms with Crippen LogP contribution in [-0.2, 0) is 0 Å². The third-order valence-electron chi connectivity index (χ3n) is 3.27. The Bertz CT molecular complexity index is 464. The van der Waals surface area contributed by atoms with Gasteiger partial charge in [-0.3, -0.25) is 0 Å². The van der Waals surface area contributed by atoms with Crippen molar-refractivity contribution < 1.29 is 5.11 Å². The van der Waals surface area contributed by atoms with E-state index in [2.05, 4.69) is 39.0 Å². The summed E-state index contributed by atoms with van der Waals surface area (Å²) >= 11 is 0. The maximum absolute atomic E-state index is 9.33. The molecule has 2 aliphatic carbocycles. The molecular weight excluding hydrogens is 196 g/mol. The van der Waals surface area contributed by atoms with E-state index in [1.807, 2.05) is 6.08 Å². The van der Waals surface area contributed by atoms with Gasteiger partial charge in [0, 0.05) is 0 Å². The molecule has 0 fully saturated rings. The number of allylic oxidation sites excluding steroid dienone is 8. The molecule has 0 saturated carbocycles. The highest BCUT2D eigenvalue weighted by Gasteiger charge is 2.18. The first-order valence-corrected chi connectivity index (χ1v) is 5.71. The van der Waals surface area contributed by atoms with E-state index in [1.54, 1.807) is 0 Å². The molecule has 0 atom stereocenters. The van der Waals surface area contributed by atoms with Crippen molar-refractivity contribution in [3.05, 3.63) is 57.7 Å². The smallest absolute Gasteiger partial charge is 0.0687 e. The van der Waals surface area contributed by atoms with Crippen LogP contribution in [0.15, 0.2) is 57.7 Å². The molecule has 0 amide bonds. The summed E-state index contributed by atoms with van der Waals surface area (Å²) in [7, 11) is 0. The van der Waals surface area contributed by atoms with E-state index >= 15 is 0 Å². The SMILES string of the molecule is CC1=CCC(=C(C)C)C=C2C(CO)=CC=C12. The van der Waals surface area contributed by atoms with Crippen LogP contribution in [0.2, 0.25) is 0 Å². The van der Waals surface area contributed by atoms with E-state index in [9.17, 15) is 5.11 Å². The lowest BCUT2D eigenvalue weighted by Gasteiger charge is -2.08. The molecule has 0 aromatic rings. The summed E-state index contributed by atoms with van der Waals surface area (Å²) in [5, 5.41) is 9.33. The summed E-state index contributed by atoms with van der Waals surface area (Å²) in [5.41, 5.74) is 7.51. The van der Waals surface area contributed by atoms with Crippen LogP contribution < -0.4 is 0 Å². The molecule has 0 radical (unpaired) electrons. The highest BCUT2D eigenvalue weighted by molar-refractivity contribution is 5.65. The van der Waals surface area contributed by atoms with Crippen molar-refractivity contribution in [2.24, 2.45) is 0 Å². The summed E-state index contributed by atoms with van der Waals surface area (Å²) in [5.74, 6) is 0. The van der Waals surface area contributed by atoms with E-state index in [0.717, 1.165) is 12.0 Å². The molecule has 0 aromatic heterocycles. The standard InChI is InChI=1S/C15H18O/c1-10(2)12-5-4-11(3)14-7-6-13(9-16)15(14)8-12/h4,6-8,16H,5,9H2,1-3H3. The van der Waals surface area contributed by atoms with E-state index < -0.39 is 0 Å². The van der Waals surface area contributed by atoms with Gasteiger partial charge < -0.3 is 5.11 Å². The van der Waals surface area contributed by atoms with Crippen molar-refractivity contribution in [3.8, 4) is 0 Å². The molecule has 0 aromatic carbocycles. The summed E-state index contributed by atoms with van der Waals surface area (Å²) in [6.07, 6.45) is 9.62. The fourth-order valence-electron chi connectivity index (χ4n) is 2.14. The van der Waals surface area contributed by atoms with Crippen LogP contribution in [0.25, 0.3) is 0 Å². The average molecular weight is 214 g/mol. The van der Waals surface area contributed by atoms with Crippen LogP contribution >= 0.6 is 0 Å². The monoisotopic (exact) mass is 214 g/mol. The highest BCUT2D eigenvalue weighted by Crippen LogP contribution is 2.35. The third kappa shape index (κ3) is 1.83. The van der Waals surface area contributed by atoms with Crippen molar-refractivity contribution in [1.29, 1.82) is 0 Å². The fourth-order valence-corrected chi connectivity index (χ4v) is 2.14. The minimum Gasteiger partial charge on any atom is -0.392 e. The lowest BCUT2D eigenvalue weighted by atomic mass is 9.98. The Hall–Kier alpha value is -1.34. The third-order valence-corrected chi connectivity index (χ3v) is 3.27. The first kappa shape index (κ1) is 11.2. The first-order chi connectivity index (χ1) is 7.63. The number of aliphatic hydroxyl groups is 1. The number of hydrogen-bond donors (Lipinski definition) is 1. The molecule has 2 rings (SSSR count). The van der Waals surface area contributed by atoms with Crippen LogP contribution in [0.4, 0.5) is 0 Å². The first-order valence-electron chi connectivity index (χ1n) is 5.71. The summed E-state index contributed by atoms with van der Waals surface area (Å²) in [6.45, 7) is 6.54. The normalized spacial score (nSPS) is 19.4. The molecule has 16 heavy (non-hydrogen) atoms. The molecule has 0 saturated heterocycles. The van der Waals surface area contributed by atoms with Gasteiger partial charge in [-0.05, 0) is 55.1 Å². The molecule has 84 valence electrons. The maximum atomic E-state index is 9.33. The Labute approximate surface area is 97.2 Å². The second-order valence-electron chi connectivity index (χ2n) is 4.60. The molecule has 0 spiro atoms. The van der Waals surface area contributed by atoms with Crippen molar-refractivity contribution in [1.82, 2.24) is 0 Å². The Kier molecular flexibility index (Phi) is 2.97. The molecule has 0 unspecified atom stereocenters. The quantitative estimate of drug-likeness (QED) is 0.708. The van der Waals surface area contributed by atoms with Crippen molar-refractivity contribution in [2.45, 2.75) is 27.2 Å². The highest BCUT2D eigenvalue weighted by atomic mass is 16.3. The minimum atomic E-state index is 0.120. The number of rotatable bonds is 1. The molecule has 1 heteroatoms. The van der Waals surface area contributed by atoms with Crippen LogP contribution in [-0.4, -0.2) is 11.7 Å². The van der Waals surface area contributed by atoms with Gasteiger partial charge in [-0.25, -0.2) is 0 Å². The van der Waals surface area contributed by atoms with E-state index in [-0.39, 0.29) is 6.61 Å². The molecular formula is C15H18O. The van der Waals surface area contributed by atoms with Gasteiger partial charge in [0.1, 0.15) is 0 Å². The maximum Gasteiger partial charge on any atom is 0.0687 e. The number of fused-ring (bicyclic) bond motifs is 1. The zero-order valence-electron chi connectivity index (χ0n) is 10.2. The zero-order chi connectivity index (χ0) is 11.7. The van der Waals surface area contributed by atoms with Gasteiger partial charge >= 0.3 is 0 Å². The lowest BCUT2D eigenvalue weighted by molar-refractivity contribution is 0.334. The predicted molar refractivity (Wildman–Crippen MR) is 68.1 cm³/mol. The van der Waals surface area contributed by atoms with Gasteiger partial charge in [-0.2, -0.15) is 0 Å². The molecule has 1 N–H and O–H groups in total. The largest absolute Gasteiger partial charge is 0.392 e. The topological polar surface area (TPSA) is 20.2 Å². The van der Waals surface area contributed by atoms with Crippen molar-refractivity contribution in [2.75, 3.05) is 6.61 Å². The van der Waals surface area contributed by atoms with Gasteiger partial charge in [0.25, 0.3) is 0 Å². The second kappa shape index (κ2) is 4.26. The molecule has 0 aliphatic heterocycles. The van der Waals surface area contributed by atoms with E-state index in [0.29, 0.717) is 0 Å². The van der Waals surface area contributed by atoms with Gasteiger partial charge in [-0.15, -0.1) is 0 Å². The van der Waals surface area contributed by atoms with Gasteiger partial charge in [0.2, 0.25) is 0 Å². The Morgan fingerprint density at radius 1 is 1.25 bits per heavy atom. The number of hydrogen-bond acceptors (Lipinski definition) is 1. The molecule has 0 bridgehead atoms. The van der Waals surface area contributed by atoms with Crippen LogP contribution in [0.3, 0.4) is 0 Å². The number of aliphatic hydroxyl groups excluding tert-OH is 1. The summed E-state index contributed by atoms with van der Waals surface area (Å²) < 4.78 is 0. The lowest BCUT2D eigenvalue weighted by Crippen LogP contribution is -1.95. The van der Waals surface area contributed by atoms with Gasteiger partial charge in [0.05, 0.1) is 6.61 Å². The molecule has 1 nitrogen and oxygen atoms in total. The van der Waals surface area contributed by atoms with E-state index in [1.165, 1.54) is 27.9 Å². The van der Waals surface area contributed by atoms with Gasteiger partial charge in [-0.1, -0.05) is 29.9 Å². The van der Waals surface area contributed by atoms with E-state index in [4.69, 9.17) is 0 Å². The molecule has 0 heterocycles. The minimum absolute atomic E-state index is 0.120. The molecule has 2 aliphatic rings. The fraction of sp³-hybridized carbons (Fsp3) is 0.333. The van der Waals surface area contributed by atoms with Crippen LogP contribution in [0.5, 0.6) is 0 Å². The summed E-state index contributed by atoms with van der Waals surface area (Å²) in [6, 6.07) is 0. The Morgan fingerprint density at radius 3 is 2.62 bits per heavy atom. The average Bonchev–Trinajstić information content (AvgIpc) is 2.58. The van der Waals surface area contributed by atoms with Crippen molar-refractivity contribution in [3.63, 3.8) is 0 Å². The van der Waals surface area contributed by atoms with Gasteiger partial charge in [0.15, 0.2) is 0 Å². The van der Waals surface area contributed by atoms with Crippen LogP contribution in [0, 0.1) is 0 Å². The Balaban J connectivity index is 2.53. The van der Waals surface area contributed by atoms with Crippen molar-refractivity contribution >= 4 is 0 Å². The van der Waals surface area contributed by atoms with Crippen LogP contribution in [0.1, 0.15) is 27.2 Å². The second-order valence-corrected chi connectivity index (χ2v) is 4.60. The predicted octanol–water partition coefficient (Wildman–Crippen LogP) is 3.46. The Morgan fingerprint density at radius 2 is 2.00 bits per heavy atom. The zero-order valence-corrected chi connectivity index (χ0v) is 10.2. The summed E-state index contributed by atoms with van der Waals surface area (Å²) in [4.78, 5) is 0.